The van der Waals surface area contributed by atoms with Crippen LogP contribution in [0.3, 0.4) is 0 Å². The maximum atomic E-state index is 2.51. The van der Waals surface area contributed by atoms with Crippen molar-refractivity contribution >= 4 is 78.5 Å². The zero-order chi connectivity index (χ0) is 62.3. The van der Waals surface area contributed by atoms with Gasteiger partial charge in [0.05, 0.1) is 16.6 Å². The van der Waals surface area contributed by atoms with Gasteiger partial charge in [0.1, 0.15) is 0 Å². The van der Waals surface area contributed by atoms with Crippen molar-refractivity contribution in [2.24, 2.45) is 0 Å². The molecule has 0 bridgehead atoms. The van der Waals surface area contributed by atoms with Gasteiger partial charge in [0, 0.05) is 72.9 Å². The summed E-state index contributed by atoms with van der Waals surface area (Å²) in [6, 6.07) is 131. The zero-order valence-electron chi connectivity index (χ0n) is 51.8. The van der Waals surface area contributed by atoms with Crippen LogP contribution in [-0.2, 0) is 6.42 Å². The van der Waals surface area contributed by atoms with Crippen LogP contribution in [0.4, 0.5) is 34.1 Å². The first kappa shape index (κ1) is 55.8. The molecule has 0 N–H and O–H groups in total. The molecule has 0 spiro atoms. The number of para-hydroxylation sites is 2. The number of rotatable bonds is 14. The van der Waals surface area contributed by atoms with Crippen LogP contribution in [0.15, 0.2) is 358 Å². The number of aromatic nitrogens is 2. The predicted molar refractivity (Wildman–Crippen MR) is 397 cm³/mol. The molecule has 0 amide bonds. The highest BCUT2D eigenvalue weighted by molar-refractivity contribution is 6.12. The molecule has 4 heteroatoms. The van der Waals surface area contributed by atoms with Crippen molar-refractivity contribution in [3.05, 3.63) is 375 Å². The average Bonchev–Trinajstić information content (AvgIpc) is 1.63. The van der Waals surface area contributed by atoms with Crippen LogP contribution in [-0.4, -0.2) is 9.13 Å². The van der Waals surface area contributed by atoms with Crippen molar-refractivity contribution in [1.82, 2.24) is 9.13 Å². The van der Waals surface area contributed by atoms with Crippen LogP contribution in [0.5, 0.6) is 0 Å². The molecule has 1 aliphatic rings. The highest BCUT2D eigenvalue weighted by Crippen LogP contribution is 2.46. The average molecular weight is 1200 g/mol. The molecule has 1 aliphatic carbocycles. The number of allylic oxidation sites excluding steroid dienone is 1. The fourth-order valence-electron chi connectivity index (χ4n) is 14.2. The van der Waals surface area contributed by atoms with E-state index in [1.165, 1.54) is 99.7 Å². The third-order valence-corrected chi connectivity index (χ3v) is 18.8. The second kappa shape index (κ2) is 24.2. The van der Waals surface area contributed by atoms with Crippen LogP contribution in [0, 0.1) is 0 Å². The molecule has 0 fully saturated rings. The quantitative estimate of drug-likeness (QED) is 0.108. The molecule has 0 unspecified atom stereocenters. The van der Waals surface area contributed by atoms with Crippen molar-refractivity contribution in [2.75, 3.05) is 9.80 Å². The number of hydrogen-bond donors (Lipinski definition) is 0. The Hall–Kier alpha value is -12.2. The Morgan fingerprint density at radius 3 is 0.989 bits per heavy atom. The van der Waals surface area contributed by atoms with E-state index in [2.05, 4.69) is 383 Å². The standard InChI is InChI=1S/C90H64N4/c1-7-20-63(21-8-1)67-34-38-71(39-35-67)73-46-54-87-83(58-73)85-61-81(52-56-89(85)93(87)77-48-42-69(43-49-77)65-24-11-3-12-25-65)91(75-28-15-5-16-29-75)79-32-19-33-80(60-79)92(76-30-17-6-18-31-76)82-53-57-90-86(62-82)84-59-74(72-40-36-68(37-41-72)64-22-9-2-10-23-64)47-55-88(84)94(90)78-50-44-70(45-51-78)66-26-13-4-14-27-66/h1-46,48-54,56-62H,47,55H2. The van der Waals surface area contributed by atoms with E-state index in [9.17, 15) is 0 Å². The van der Waals surface area contributed by atoms with Gasteiger partial charge < -0.3 is 18.9 Å². The van der Waals surface area contributed by atoms with Gasteiger partial charge in [-0.15, -0.1) is 0 Å². The molecule has 17 rings (SSSR count). The molecule has 16 aromatic rings. The first-order chi connectivity index (χ1) is 46.6. The van der Waals surface area contributed by atoms with Gasteiger partial charge in [0.2, 0.25) is 0 Å². The molecule has 444 valence electrons. The fraction of sp³-hybridized carbons (Fsp3) is 0.0222. The lowest BCUT2D eigenvalue weighted by Crippen LogP contribution is -2.13. The van der Waals surface area contributed by atoms with Crippen molar-refractivity contribution < 1.29 is 0 Å². The summed E-state index contributed by atoms with van der Waals surface area (Å²) in [7, 11) is 0. The molecule has 0 saturated carbocycles. The molecule has 0 radical (unpaired) electrons. The van der Waals surface area contributed by atoms with Gasteiger partial charge in [-0.2, -0.15) is 0 Å². The first-order valence-corrected chi connectivity index (χ1v) is 32.5. The molecule has 2 heterocycles. The molecule has 0 saturated heterocycles. The van der Waals surface area contributed by atoms with E-state index in [1.54, 1.807) is 0 Å². The molecule has 0 atom stereocenters. The fourth-order valence-corrected chi connectivity index (χ4v) is 14.2. The number of benzene rings is 14. The van der Waals surface area contributed by atoms with Crippen molar-refractivity contribution in [3.8, 4) is 67.0 Å². The van der Waals surface area contributed by atoms with E-state index < -0.39 is 0 Å². The number of anilines is 6. The molecular weight excluding hydrogens is 1140 g/mol. The van der Waals surface area contributed by atoms with Crippen LogP contribution in [0.1, 0.15) is 23.2 Å². The van der Waals surface area contributed by atoms with E-state index in [0.29, 0.717) is 0 Å². The third-order valence-electron chi connectivity index (χ3n) is 18.8. The second-order valence-electron chi connectivity index (χ2n) is 24.4. The Morgan fingerprint density at radius 1 is 0.213 bits per heavy atom. The smallest absolute Gasteiger partial charge is 0.0542 e. The molecule has 4 nitrogen and oxygen atoms in total. The van der Waals surface area contributed by atoms with E-state index in [-0.39, 0.29) is 0 Å². The van der Waals surface area contributed by atoms with E-state index in [4.69, 9.17) is 0 Å². The summed E-state index contributed by atoms with van der Waals surface area (Å²) in [6.45, 7) is 0. The largest absolute Gasteiger partial charge is 0.313 e. The van der Waals surface area contributed by atoms with Crippen LogP contribution >= 0.6 is 0 Å². The Kier molecular flexibility index (Phi) is 14.4. The minimum absolute atomic E-state index is 0.907. The summed E-state index contributed by atoms with van der Waals surface area (Å²) in [4.78, 5) is 4.84. The molecular formula is C90H64N4. The Labute approximate surface area is 548 Å². The molecule has 14 aromatic carbocycles. The molecule has 94 heavy (non-hydrogen) atoms. The van der Waals surface area contributed by atoms with E-state index in [1.807, 2.05) is 0 Å². The van der Waals surface area contributed by atoms with Gasteiger partial charge >= 0.3 is 0 Å². The summed E-state index contributed by atoms with van der Waals surface area (Å²) < 4.78 is 4.94. The van der Waals surface area contributed by atoms with Crippen molar-refractivity contribution in [2.45, 2.75) is 12.8 Å². The zero-order valence-corrected chi connectivity index (χ0v) is 51.8. The highest BCUT2D eigenvalue weighted by atomic mass is 15.2. The van der Waals surface area contributed by atoms with E-state index >= 15 is 0 Å². The van der Waals surface area contributed by atoms with Gasteiger partial charge in [-0.25, -0.2) is 0 Å². The van der Waals surface area contributed by atoms with Crippen LogP contribution < -0.4 is 9.80 Å². The molecule has 0 aliphatic heterocycles. The maximum Gasteiger partial charge on any atom is 0.0542 e. The summed E-state index contributed by atoms with van der Waals surface area (Å²) >= 11 is 0. The topological polar surface area (TPSA) is 16.3 Å². The Bertz CT molecular complexity index is 5410. The van der Waals surface area contributed by atoms with Gasteiger partial charge in [0.25, 0.3) is 0 Å². The van der Waals surface area contributed by atoms with Gasteiger partial charge in [0.15, 0.2) is 0 Å². The maximum absolute atomic E-state index is 2.51. The Balaban J connectivity index is 0.798. The summed E-state index contributed by atoms with van der Waals surface area (Å²) in [5, 5.41) is 3.57. The minimum Gasteiger partial charge on any atom is -0.313 e. The number of hydrogen-bond acceptors (Lipinski definition) is 2. The van der Waals surface area contributed by atoms with Gasteiger partial charge in [-0.1, -0.05) is 243 Å². The number of nitrogens with zero attached hydrogens (tertiary/aromatic N) is 4. The van der Waals surface area contributed by atoms with Crippen molar-refractivity contribution in [3.63, 3.8) is 0 Å². The Morgan fingerprint density at radius 2 is 0.532 bits per heavy atom. The second-order valence-corrected chi connectivity index (χ2v) is 24.4. The minimum atomic E-state index is 0.907. The van der Waals surface area contributed by atoms with Crippen molar-refractivity contribution in [1.29, 1.82) is 0 Å². The van der Waals surface area contributed by atoms with Gasteiger partial charge in [-0.3, -0.25) is 0 Å². The summed E-state index contributed by atoms with van der Waals surface area (Å²) in [6.07, 6.45) is 4.32. The third kappa shape index (κ3) is 10.4. The lowest BCUT2D eigenvalue weighted by molar-refractivity contribution is 0.898. The monoisotopic (exact) mass is 1200 g/mol. The lowest BCUT2D eigenvalue weighted by atomic mass is 9.90. The number of fused-ring (bicyclic) bond motifs is 6. The van der Waals surface area contributed by atoms with Crippen LogP contribution in [0.2, 0.25) is 0 Å². The van der Waals surface area contributed by atoms with Gasteiger partial charge in [-0.05, 0) is 201 Å². The predicted octanol–water partition coefficient (Wildman–Crippen LogP) is 24.5. The molecule has 2 aromatic heterocycles. The van der Waals surface area contributed by atoms with E-state index in [0.717, 1.165) is 69.4 Å². The summed E-state index contributed by atoms with van der Waals surface area (Å²) in [5.41, 5.74) is 29.3. The normalized spacial score (nSPS) is 12.0. The SMILES string of the molecule is C1=C(c2ccc(-c3ccccc3)cc2)CCc2c1c1cc(N(c3ccccc3)c3cccc(N(c4ccccc4)c4ccc5c(c4)c4cc(-c6ccc(-c7ccccc7)cc6)ccc4n5-c4ccc(-c5ccccc5)cc4)c3)ccc1n2-c1ccc(-c2ccccc2)cc1. The lowest BCUT2D eigenvalue weighted by Gasteiger charge is -2.29. The van der Waals surface area contributed by atoms with Crippen LogP contribution in [0.25, 0.3) is 111 Å². The summed E-state index contributed by atoms with van der Waals surface area (Å²) in [5.74, 6) is 0. The highest BCUT2D eigenvalue weighted by Gasteiger charge is 2.26. The first-order valence-electron chi connectivity index (χ1n) is 32.5.